The summed E-state index contributed by atoms with van der Waals surface area (Å²) in [4.78, 5) is 0. The molecule has 2 rings (SSSR count). The molecule has 68 valence electrons. The molecule has 0 saturated heterocycles. The first-order valence-corrected chi connectivity index (χ1v) is 5.08. The molecular formula is C11H18O. The Morgan fingerprint density at radius 3 is 3.08 bits per heavy atom. The first kappa shape index (κ1) is 8.31. The SMILES string of the molecule is CC12C=CC(O)CC1CCCC2. The van der Waals surface area contributed by atoms with Gasteiger partial charge in [0.2, 0.25) is 0 Å². The van der Waals surface area contributed by atoms with E-state index in [1.807, 2.05) is 6.08 Å². The average Bonchev–Trinajstić information content (AvgIpc) is 2.06. The van der Waals surface area contributed by atoms with Crippen LogP contribution in [0.4, 0.5) is 0 Å². The Bertz CT molecular complexity index is 197. The van der Waals surface area contributed by atoms with Crippen molar-refractivity contribution in [2.75, 3.05) is 0 Å². The van der Waals surface area contributed by atoms with Crippen molar-refractivity contribution in [1.82, 2.24) is 0 Å². The fraction of sp³-hybridized carbons (Fsp3) is 0.818. The molecule has 1 N–H and O–H groups in total. The summed E-state index contributed by atoms with van der Waals surface area (Å²) >= 11 is 0. The number of rotatable bonds is 0. The molecule has 1 nitrogen and oxygen atoms in total. The highest BCUT2D eigenvalue weighted by molar-refractivity contribution is 5.09. The second kappa shape index (κ2) is 2.88. The van der Waals surface area contributed by atoms with E-state index in [0.29, 0.717) is 5.41 Å². The van der Waals surface area contributed by atoms with E-state index in [2.05, 4.69) is 13.0 Å². The highest BCUT2D eigenvalue weighted by Gasteiger charge is 2.37. The topological polar surface area (TPSA) is 20.2 Å². The van der Waals surface area contributed by atoms with E-state index in [-0.39, 0.29) is 6.10 Å². The minimum Gasteiger partial charge on any atom is -0.389 e. The molecule has 0 aromatic heterocycles. The van der Waals surface area contributed by atoms with Crippen molar-refractivity contribution >= 4 is 0 Å². The largest absolute Gasteiger partial charge is 0.389 e. The van der Waals surface area contributed by atoms with Crippen LogP contribution in [0.2, 0.25) is 0 Å². The fourth-order valence-electron chi connectivity index (χ4n) is 2.74. The summed E-state index contributed by atoms with van der Waals surface area (Å²) in [5.41, 5.74) is 0.414. The maximum absolute atomic E-state index is 9.48. The van der Waals surface area contributed by atoms with Crippen LogP contribution in [0.3, 0.4) is 0 Å². The van der Waals surface area contributed by atoms with Gasteiger partial charge in [-0.15, -0.1) is 0 Å². The number of hydrogen-bond acceptors (Lipinski definition) is 1. The predicted molar refractivity (Wildman–Crippen MR) is 49.8 cm³/mol. The molecule has 3 unspecified atom stereocenters. The number of aliphatic hydroxyl groups is 1. The van der Waals surface area contributed by atoms with E-state index in [9.17, 15) is 5.11 Å². The van der Waals surface area contributed by atoms with Gasteiger partial charge in [-0.2, -0.15) is 0 Å². The summed E-state index contributed by atoms with van der Waals surface area (Å²) in [6.07, 6.45) is 10.4. The molecule has 0 radical (unpaired) electrons. The summed E-state index contributed by atoms with van der Waals surface area (Å²) in [5, 5.41) is 9.48. The van der Waals surface area contributed by atoms with Gasteiger partial charge in [-0.3, -0.25) is 0 Å². The molecule has 1 fully saturated rings. The van der Waals surface area contributed by atoms with E-state index < -0.39 is 0 Å². The van der Waals surface area contributed by atoms with Gasteiger partial charge in [-0.1, -0.05) is 31.9 Å². The third-order valence-electron chi connectivity index (χ3n) is 3.68. The van der Waals surface area contributed by atoms with Crippen molar-refractivity contribution in [3.63, 3.8) is 0 Å². The molecule has 0 spiro atoms. The number of allylic oxidation sites excluding steroid dienone is 1. The summed E-state index contributed by atoms with van der Waals surface area (Å²) in [5.74, 6) is 0.742. The second-order valence-corrected chi connectivity index (χ2v) is 4.61. The average molecular weight is 166 g/mol. The Morgan fingerprint density at radius 2 is 2.25 bits per heavy atom. The van der Waals surface area contributed by atoms with Gasteiger partial charge >= 0.3 is 0 Å². The van der Waals surface area contributed by atoms with Crippen LogP contribution in [0, 0.1) is 11.3 Å². The normalized spacial score (nSPS) is 47.2. The Balaban J connectivity index is 2.18. The van der Waals surface area contributed by atoms with Crippen LogP contribution in [0.25, 0.3) is 0 Å². The van der Waals surface area contributed by atoms with Crippen LogP contribution in [0.1, 0.15) is 39.0 Å². The van der Waals surface area contributed by atoms with E-state index in [4.69, 9.17) is 0 Å². The predicted octanol–water partition coefficient (Wildman–Crippen LogP) is 2.50. The summed E-state index contributed by atoms with van der Waals surface area (Å²) < 4.78 is 0. The van der Waals surface area contributed by atoms with E-state index >= 15 is 0 Å². The van der Waals surface area contributed by atoms with Crippen molar-refractivity contribution in [2.24, 2.45) is 11.3 Å². The summed E-state index contributed by atoms with van der Waals surface area (Å²) in [7, 11) is 0. The molecule has 0 aromatic carbocycles. The molecule has 3 atom stereocenters. The fourth-order valence-corrected chi connectivity index (χ4v) is 2.74. The molecule has 12 heavy (non-hydrogen) atoms. The van der Waals surface area contributed by atoms with Crippen LogP contribution < -0.4 is 0 Å². The van der Waals surface area contributed by atoms with Crippen molar-refractivity contribution < 1.29 is 5.11 Å². The van der Waals surface area contributed by atoms with Gasteiger partial charge in [0.15, 0.2) is 0 Å². The van der Waals surface area contributed by atoms with Crippen LogP contribution in [-0.2, 0) is 0 Å². The van der Waals surface area contributed by atoms with Crippen molar-refractivity contribution in [3.05, 3.63) is 12.2 Å². The quantitative estimate of drug-likeness (QED) is 0.548. The highest BCUT2D eigenvalue weighted by Crippen LogP contribution is 2.46. The van der Waals surface area contributed by atoms with Gasteiger partial charge in [-0.25, -0.2) is 0 Å². The van der Waals surface area contributed by atoms with E-state index in [0.717, 1.165) is 12.3 Å². The minimum atomic E-state index is -0.166. The minimum absolute atomic E-state index is 0.166. The van der Waals surface area contributed by atoms with Gasteiger partial charge in [-0.05, 0) is 30.6 Å². The van der Waals surface area contributed by atoms with E-state index in [1.54, 1.807) is 0 Å². The van der Waals surface area contributed by atoms with Crippen LogP contribution in [-0.4, -0.2) is 11.2 Å². The molecule has 1 heteroatoms. The second-order valence-electron chi connectivity index (χ2n) is 4.61. The monoisotopic (exact) mass is 166 g/mol. The standard InChI is InChI=1S/C11H18O/c1-11-6-3-2-4-9(11)8-10(12)5-7-11/h5,7,9-10,12H,2-4,6,8H2,1H3. The first-order valence-electron chi connectivity index (χ1n) is 5.08. The molecule has 2 aliphatic carbocycles. The van der Waals surface area contributed by atoms with Gasteiger partial charge in [0.05, 0.1) is 6.10 Å². The number of hydrogen-bond donors (Lipinski definition) is 1. The zero-order chi connectivity index (χ0) is 8.60. The van der Waals surface area contributed by atoms with Gasteiger partial charge < -0.3 is 5.11 Å². The Hall–Kier alpha value is -0.300. The first-order chi connectivity index (χ1) is 5.71. The van der Waals surface area contributed by atoms with Gasteiger partial charge in [0.25, 0.3) is 0 Å². The third-order valence-corrected chi connectivity index (χ3v) is 3.68. The lowest BCUT2D eigenvalue weighted by Crippen LogP contribution is -2.34. The summed E-state index contributed by atoms with van der Waals surface area (Å²) in [6.45, 7) is 2.35. The lowest BCUT2D eigenvalue weighted by molar-refractivity contribution is 0.0864. The van der Waals surface area contributed by atoms with E-state index in [1.165, 1.54) is 25.7 Å². The Kier molecular flexibility index (Phi) is 1.99. The molecule has 0 aromatic rings. The van der Waals surface area contributed by atoms with Crippen LogP contribution >= 0.6 is 0 Å². The highest BCUT2D eigenvalue weighted by atomic mass is 16.3. The molecule has 2 aliphatic rings. The Morgan fingerprint density at radius 1 is 1.42 bits per heavy atom. The Labute approximate surface area is 74.5 Å². The van der Waals surface area contributed by atoms with Crippen molar-refractivity contribution in [2.45, 2.75) is 45.1 Å². The maximum Gasteiger partial charge on any atom is 0.0724 e. The number of fused-ring (bicyclic) bond motifs is 1. The zero-order valence-electron chi connectivity index (χ0n) is 7.79. The summed E-state index contributed by atoms with van der Waals surface area (Å²) in [6, 6.07) is 0. The molecule has 1 saturated carbocycles. The smallest absolute Gasteiger partial charge is 0.0724 e. The van der Waals surface area contributed by atoms with Gasteiger partial charge in [0.1, 0.15) is 0 Å². The third kappa shape index (κ3) is 1.31. The molecule has 0 amide bonds. The maximum atomic E-state index is 9.48. The van der Waals surface area contributed by atoms with Crippen molar-refractivity contribution in [3.8, 4) is 0 Å². The molecule has 0 aliphatic heterocycles. The van der Waals surface area contributed by atoms with Gasteiger partial charge in [0, 0.05) is 0 Å². The van der Waals surface area contributed by atoms with Crippen LogP contribution in [0.5, 0.6) is 0 Å². The van der Waals surface area contributed by atoms with Crippen molar-refractivity contribution in [1.29, 1.82) is 0 Å². The lowest BCUT2D eigenvalue weighted by Gasteiger charge is -2.43. The molecular weight excluding hydrogens is 148 g/mol. The molecule has 0 bridgehead atoms. The molecule has 0 heterocycles. The lowest BCUT2D eigenvalue weighted by atomic mass is 9.63. The zero-order valence-corrected chi connectivity index (χ0v) is 7.79. The number of aliphatic hydroxyl groups excluding tert-OH is 1. The van der Waals surface area contributed by atoms with Crippen LogP contribution in [0.15, 0.2) is 12.2 Å².